The van der Waals surface area contributed by atoms with E-state index in [4.69, 9.17) is 5.73 Å². The number of fused-ring (bicyclic) bond motifs is 1. The lowest BCUT2D eigenvalue weighted by molar-refractivity contribution is 0.0681. The molecule has 8 heteroatoms. The second-order valence-electron chi connectivity index (χ2n) is 6.73. The van der Waals surface area contributed by atoms with Gasteiger partial charge in [-0.05, 0) is 50.8 Å². The average Bonchev–Trinajstić information content (AvgIpc) is 2.61. The molecule has 1 atom stereocenters. The Morgan fingerprint density at radius 1 is 1.31 bits per heavy atom. The zero-order valence-corrected chi connectivity index (χ0v) is 15.8. The molecule has 1 unspecified atom stereocenters. The molecule has 0 radical (unpaired) electrons. The van der Waals surface area contributed by atoms with Gasteiger partial charge in [0.1, 0.15) is 0 Å². The molecule has 3 N–H and O–H groups in total. The van der Waals surface area contributed by atoms with E-state index >= 15 is 0 Å². The molecule has 26 heavy (non-hydrogen) atoms. The van der Waals surface area contributed by atoms with E-state index in [-0.39, 0.29) is 29.9 Å². The molecule has 3 rings (SSSR count). The summed E-state index contributed by atoms with van der Waals surface area (Å²) in [6.07, 6.45) is 1.80. The minimum atomic E-state index is -0.456. The van der Waals surface area contributed by atoms with E-state index in [9.17, 15) is 14.4 Å². The van der Waals surface area contributed by atoms with Crippen molar-refractivity contribution < 1.29 is 4.79 Å². The Labute approximate surface area is 157 Å². The molecule has 1 aliphatic heterocycles. The van der Waals surface area contributed by atoms with Crippen LogP contribution in [0.15, 0.2) is 27.8 Å². The number of carbonyl (C=O) groups excluding carboxylic acids is 1. The molecule has 0 saturated carbocycles. The quantitative estimate of drug-likeness (QED) is 0.838. The summed E-state index contributed by atoms with van der Waals surface area (Å²) in [7, 11) is 0. The van der Waals surface area contributed by atoms with Crippen LogP contribution < -0.4 is 17.0 Å². The number of piperidine rings is 1. The summed E-state index contributed by atoms with van der Waals surface area (Å²) in [5.41, 5.74) is 6.04. The van der Waals surface area contributed by atoms with Crippen molar-refractivity contribution in [3.63, 3.8) is 0 Å². The number of carbonyl (C=O) groups is 1. The normalized spacial score (nSPS) is 16.3. The van der Waals surface area contributed by atoms with E-state index in [0.717, 1.165) is 17.4 Å². The standard InChI is InChI=1S/C18H24N4O3.ClH/c1-3-22-17(24)14-5-4-13(10-15(14)20-18(22)25)16(23)21-8-6-12(7-9-21)11(2)19;/h4-5,10-12H,3,6-9,19H2,1-2H3,(H,20,25);1H. The highest BCUT2D eigenvalue weighted by molar-refractivity contribution is 5.97. The molecule has 0 spiro atoms. The van der Waals surface area contributed by atoms with Gasteiger partial charge in [0.15, 0.2) is 0 Å². The van der Waals surface area contributed by atoms with Crippen LogP contribution in [0, 0.1) is 5.92 Å². The van der Waals surface area contributed by atoms with E-state index in [0.29, 0.717) is 42.0 Å². The van der Waals surface area contributed by atoms with Gasteiger partial charge in [-0.2, -0.15) is 0 Å². The molecule has 1 fully saturated rings. The summed E-state index contributed by atoms with van der Waals surface area (Å²) in [5.74, 6) is 0.370. The third-order valence-electron chi connectivity index (χ3n) is 5.12. The summed E-state index contributed by atoms with van der Waals surface area (Å²) in [5, 5.41) is 0.411. The number of hydrogen-bond acceptors (Lipinski definition) is 4. The van der Waals surface area contributed by atoms with Gasteiger partial charge in [-0.1, -0.05) is 0 Å². The van der Waals surface area contributed by atoms with E-state index in [2.05, 4.69) is 4.98 Å². The van der Waals surface area contributed by atoms with Crippen LogP contribution in [0.1, 0.15) is 37.0 Å². The summed E-state index contributed by atoms with van der Waals surface area (Å²) in [6.45, 7) is 5.41. The first-order chi connectivity index (χ1) is 11.9. The van der Waals surface area contributed by atoms with Gasteiger partial charge in [-0.3, -0.25) is 14.2 Å². The number of likely N-dealkylation sites (tertiary alicyclic amines) is 1. The van der Waals surface area contributed by atoms with Crippen LogP contribution in [0.4, 0.5) is 0 Å². The van der Waals surface area contributed by atoms with Gasteiger partial charge in [0.2, 0.25) is 0 Å². The SMILES string of the molecule is CCn1c(=O)[nH]c2cc(C(=O)N3CCC(C(C)N)CC3)ccc2c1=O.Cl. The zero-order valence-electron chi connectivity index (χ0n) is 15.0. The van der Waals surface area contributed by atoms with Gasteiger partial charge in [-0.15, -0.1) is 12.4 Å². The van der Waals surface area contributed by atoms with Crippen molar-refractivity contribution >= 4 is 29.2 Å². The van der Waals surface area contributed by atoms with Crippen LogP contribution in [0.25, 0.3) is 10.9 Å². The zero-order chi connectivity index (χ0) is 18.1. The molecule has 0 bridgehead atoms. The Balaban J connectivity index is 0.00000243. The number of aromatic amines is 1. The Kier molecular flexibility index (Phi) is 6.26. The number of rotatable bonds is 3. The van der Waals surface area contributed by atoms with E-state index < -0.39 is 5.69 Å². The second-order valence-corrected chi connectivity index (χ2v) is 6.73. The molecule has 2 heterocycles. The molecule has 142 valence electrons. The van der Waals surface area contributed by atoms with Crippen LogP contribution in [-0.2, 0) is 6.54 Å². The first kappa shape index (κ1) is 20.2. The first-order valence-corrected chi connectivity index (χ1v) is 8.74. The number of benzene rings is 1. The molecule has 0 aliphatic carbocycles. The number of nitrogens with two attached hydrogens (primary N) is 1. The molecular formula is C18H25ClN4O3. The van der Waals surface area contributed by atoms with Crippen LogP contribution in [0.3, 0.4) is 0 Å². The molecule has 7 nitrogen and oxygen atoms in total. The summed E-state index contributed by atoms with van der Waals surface area (Å²) >= 11 is 0. The summed E-state index contributed by atoms with van der Waals surface area (Å²) in [6, 6.07) is 5.01. The lowest BCUT2D eigenvalue weighted by atomic mass is 9.90. The van der Waals surface area contributed by atoms with Crippen molar-refractivity contribution in [2.24, 2.45) is 11.7 Å². The third-order valence-corrected chi connectivity index (χ3v) is 5.12. The number of H-pyrrole nitrogens is 1. The molecule has 1 saturated heterocycles. The van der Waals surface area contributed by atoms with Crippen molar-refractivity contribution in [3.05, 3.63) is 44.6 Å². The topological polar surface area (TPSA) is 101 Å². The lowest BCUT2D eigenvalue weighted by Gasteiger charge is -2.33. The van der Waals surface area contributed by atoms with Gasteiger partial charge in [0.05, 0.1) is 10.9 Å². The highest BCUT2D eigenvalue weighted by Crippen LogP contribution is 2.21. The highest BCUT2D eigenvalue weighted by atomic mass is 35.5. The van der Waals surface area contributed by atoms with Gasteiger partial charge < -0.3 is 15.6 Å². The van der Waals surface area contributed by atoms with Gasteiger partial charge in [0, 0.05) is 31.2 Å². The third kappa shape index (κ3) is 3.68. The number of nitrogens with zero attached hydrogens (tertiary/aromatic N) is 2. The predicted octanol–water partition coefficient (Wildman–Crippen LogP) is 1.33. The highest BCUT2D eigenvalue weighted by Gasteiger charge is 2.25. The Morgan fingerprint density at radius 3 is 2.54 bits per heavy atom. The smallest absolute Gasteiger partial charge is 0.328 e. The minimum absolute atomic E-state index is 0. The van der Waals surface area contributed by atoms with Crippen molar-refractivity contribution in [1.82, 2.24) is 14.5 Å². The van der Waals surface area contributed by atoms with Crippen molar-refractivity contribution in [1.29, 1.82) is 0 Å². The number of halogens is 1. The average molecular weight is 381 g/mol. The number of amides is 1. The van der Waals surface area contributed by atoms with Crippen LogP contribution >= 0.6 is 12.4 Å². The number of aromatic nitrogens is 2. The first-order valence-electron chi connectivity index (χ1n) is 8.74. The fourth-order valence-corrected chi connectivity index (χ4v) is 3.49. The summed E-state index contributed by atoms with van der Waals surface area (Å²) in [4.78, 5) is 41.5. The van der Waals surface area contributed by atoms with Gasteiger partial charge >= 0.3 is 5.69 Å². The Morgan fingerprint density at radius 2 is 1.96 bits per heavy atom. The maximum atomic E-state index is 12.7. The minimum Gasteiger partial charge on any atom is -0.339 e. The fourth-order valence-electron chi connectivity index (χ4n) is 3.49. The molecule has 1 aromatic heterocycles. The van der Waals surface area contributed by atoms with Crippen molar-refractivity contribution in [2.45, 2.75) is 39.3 Å². The molecule has 1 aromatic carbocycles. The van der Waals surface area contributed by atoms with Crippen LogP contribution in [-0.4, -0.2) is 39.5 Å². The summed E-state index contributed by atoms with van der Waals surface area (Å²) < 4.78 is 1.14. The van der Waals surface area contributed by atoms with Crippen molar-refractivity contribution in [2.75, 3.05) is 13.1 Å². The van der Waals surface area contributed by atoms with E-state index in [1.807, 2.05) is 11.8 Å². The molecule has 1 amide bonds. The second kappa shape index (κ2) is 8.05. The monoisotopic (exact) mass is 380 g/mol. The Bertz CT molecular complexity index is 911. The van der Waals surface area contributed by atoms with Crippen LogP contribution in [0.2, 0.25) is 0 Å². The maximum Gasteiger partial charge on any atom is 0.328 e. The molecular weight excluding hydrogens is 356 g/mol. The molecule has 2 aromatic rings. The van der Waals surface area contributed by atoms with Gasteiger partial charge in [0.25, 0.3) is 11.5 Å². The number of nitrogens with one attached hydrogen (secondary N) is 1. The van der Waals surface area contributed by atoms with E-state index in [1.165, 1.54) is 0 Å². The van der Waals surface area contributed by atoms with Crippen molar-refractivity contribution in [3.8, 4) is 0 Å². The maximum absolute atomic E-state index is 12.7. The van der Waals surface area contributed by atoms with Crippen LogP contribution in [0.5, 0.6) is 0 Å². The predicted molar refractivity (Wildman–Crippen MR) is 104 cm³/mol. The Hall–Kier alpha value is -2.12. The lowest BCUT2D eigenvalue weighted by Crippen LogP contribution is -2.42. The number of hydrogen-bond donors (Lipinski definition) is 2. The van der Waals surface area contributed by atoms with E-state index in [1.54, 1.807) is 25.1 Å². The largest absolute Gasteiger partial charge is 0.339 e. The fraction of sp³-hybridized carbons (Fsp3) is 0.500. The molecule has 1 aliphatic rings. The van der Waals surface area contributed by atoms with Gasteiger partial charge in [-0.25, -0.2) is 4.79 Å².